The Balaban J connectivity index is 1.51. The first-order valence-corrected chi connectivity index (χ1v) is 11.5. The first-order valence-electron chi connectivity index (χ1n) is 11.5. The van der Waals surface area contributed by atoms with Crippen molar-refractivity contribution in [3.8, 4) is 11.1 Å². The number of hydrogen-bond donors (Lipinski definition) is 0. The van der Waals surface area contributed by atoms with Gasteiger partial charge in [-0.25, -0.2) is 13.2 Å². The Kier molecular flexibility index (Phi) is 6.83. The summed E-state index contributed by atoms with van der Waals surface area (Å²) in [7, 11) is 0. The first-order chi connectivity index (χ1) is 15.5. The average molecular weight is 435 g/mol. The van der Waals surface area contributed by atoms with Crippen LogP contribution in [0.1, 0.15) is 67.7 Å². The van der Waals surface area contributed by atoms with Gasteiger partial charge in [-0.2, -0.15) is 0 Å². The van der Waals surface area contributed by atoms with E-state index in [1.54, 1.807) is 30.3 Å². The maximum absolute atomic E-state index is 14.9. The second-order valence-electron chi connectivity index (χ2n) is 8.95. The Bertz CT molecular complexity index is 1100. The predicted molar refractivity (Wildman–Crippen MR) is 127 cm³/mol. The molecule has 0 aliphatic heterocycles. The van der Waals surface area contributed by atoms with Crippen molar-refractivity contribution in [3.05, 3.63) is 94.3 Å². The van der Waals surface area contributed by atoms with E-state index in [1.165, 1.54) is 6.07 Å². The van der Waals surface area contributed by atoms with Gasteiger partial charge < -0.3 is 0 Å². The molecule has 32 heavy (non-hydrogen) atoms. The molecular weight excluding hydrogens is 405 g/mol. The quantitative estimate of drug-likeness (QED) is 0.352. The van der Waals surface area contributed by atoms with Crippen LogP contribution >= 0.6 is 0 Å². The van der Waals surface area contributed by atoms with E-state index in [0.717, 1.165) is 36.8 Å². The summed E-state index contributed by atoms with van der Waals surface area (Å²) in [4.78, 5) is 0. The molecule has 0 radical (unpaired) electrons. The van der Waals surface area contributed by atoms with Gasteiger partial charge in [0.1, 0.15) is 5.82 Å². The lowest BCUT2D eigenvalue weighted by molar-refractivity contribution is 0.339. The van der Waals surface area contributed by atoms with Crippen molar-refractivity contribution in [2.45, 2.75) is 51.9 Å². The van der Waals surface area contributed by atoms with Gasteiger partial charge in [0, 0.05) is 5.56 Å². The van der Waals surface area contributed by atoms with Gasteiger partial charge >= 0.3 is 0 Å². The summed E-state index contributed by atoms with van der Waals surface area (Å²) < 4.78 is 43.8. The van der Waals surface area contributed by atoms with Crippen LogP contribution in [0.15, 0.2) is 54.6 Å². The van der Waals surface area contributed by atoms with Crippen molar-refractivity contribution < 1.29 is 13.2 Å². The number of halogens is 3. The molecule has 1 saturated carbocycles. The molecule has 0 heterocycles. The molecule has 0 nitrogen and oxygen atoms in total. The van der Waals surface area contributed by atoms with Crippen molar-refractivity contribution in [1.29, 1.82) is 0 Å². The molecule has 0 N–H and O–H groups in total. The standard InChI is InChI=1S/C29H29F3/c1-3-22-13-10-21(18-27(22)30)7-6-20-8-14-24(15-9-20)26-17-16-25(28(31)29(26)32)23-11-4-19(2)5-12-23/h6-10,13-19,23H,3-5,11-12H2,1-2H3. The summed E-state index contributed by atoms with van der Waals surface area (Å²) >= 11 is 0. The van der Waals surface area contributed by atoms with Gasteiger partial charge in [-0.1, -0.05) is 87.4 Å². The zero-order valence-electron chi connectivity index (χ0n) is 18.7. The molecule has 0 saturated heterocycles. The third-order valence-corrected chi connectivity index (χ3v) is 6.72. The molecule has 0 aromatic heterocycles. The maximum Gasteiger partial charge on any atom is 0.166 e. The topological polar surface area (TPSA) is 0 Å². The van der Waals surface area contributed by atoms with E-state index in [2.05, 4.69) is 6.92 Å². The summed E-state index contributed by atoms with van der Waals surface area (Å²) in [5, 5.41) is 0. The highest BCUT2D eigenvalue weighted by Crippen LogP contribution is 2.38. The van der Waals surface area contributed by atoms with E-state index in [9.17, 15) is 13.2 Å². The molecule has 3 aromatic rings. The Hall–Kier alpha value is -2.81. The summed E-state index contributed by atoms with van der Waals surface area (Å²) in [6, 6.07) is 16.0. The fourth-order valence-electron chi connectivity index (χ4n) is 4.59. The van der Waals surface area contributed by atoms with Gasteiger partial charge in [-0.15, -0.1) is 0 Å². The van der Waals surface area contributed by atoms with Gasteiger partial charge in [0.05, 0.1) is 0 Å². The molecule has 0 unspecified atom stereocenters. The SMILES string of the molecule is CCc1ccc(C=Cc2ccc(-c3ccc(C4CCC(C)CC4)c(F)c3F)cc2)cc1F. The zero-order chi connectivity index (χ0) is 22.7. The lowest BCUT2D eigenvalue weighted by Gasteiger charge is -2.27. The highest BCUT2D eigenvalue weighted by molar-refractivity contribution is 5.72. The molecule has 1 aliphatic carbocycles. The van der Waals surface area contributed by atoms with Crippen LogP contribution in [0.25, 0.3) is 23.3 Å². The van der Waals surface area contributed by atoms with Crippen molar-refractivity contribution in [2.24, 2.45) is 5.92 Å². The number of hydrogen-bond acceptors (Lipinski definition) is 0. The lowest BCUT2D eigenvalue weighted by atomic mass is 9.79. The lowest BCUT2D eigenvalue weighted by Crippen LogP contribution is -2.13. The summed E-state index contributed by atoms with van der Waals surface area (Å²) in [5.41, 5.74) is 3.82. The minimum Gasteiger partial charge on any atom is -0.207 e. The first kappa shape index (κ1) is 22.4. The largest absolute Gasteiger partial charge is 0.207 e. The average Bonchev–Trinajstić information content (AvgIpc) is 2.81. The maximum atomic E-state index is 14.9. The normalized spacial score (nSPS) is 18.9. The van der Waals surface area contributed by atoms with Gasteiger partial charge in [-0.05, 0) is 65.0 Å². The van der Waals surface area contributed by atoms with E-state index in [1.807, 2.05) is 37.3 Å². The Morgan fingerprint density at radius 3 is 2.09 bits per heavy atom. The highest BCUT2D eigenvalue weighted by Gasteiger charge is 2.25. The van der Waals surface area contributed by atoms with Crippen molar-refractivity contribution in [2.75, 3.05) is 0 Å². The molecule has 0 spiro atoms. The fourth-order valence-corrected chi connectivity index (χ4v) is 4.59. The predicted octanol–water partition coefficient (Wildman–Crippen LogP) is 8.80. The Labute approximate surface area is 188 Å². The molecule has 0 amide bonds. The molecule has 1 fully saturated rings. The Morgan fingerprint density at radius 1 is 0.781 bits per heavy atom. The van der Waals surface area contributed by atoms with Gasteiger partial charge in [0.2, 0.25) is 0 Å². The van der Waals surface area contributed by atoms with Gasteiger partial charge in [0.25, 0.3) is 0 Å². The van der Waals surface area contributed by atoms with Gasteiger partial charge in [-0.3, -0.25) is 0 Å². The Morgan fingerprint density at radius 2 is 1.44 bits per heavy atom. The van der Waals surface area contributed by atoms with Crippen molar-refractivity contribution in [1.82, 2.24) is 0 Å². The summed E-state index contributed by atoms with van der Waals surface area (Å²) in [6.07, 6.45) is 8.36. The van der Waals surface area contributed by atoms with Crippen LogP contribution in [-0.4, -0.2) is 0 Å². The minimum absolute atomic E-state index is 0.110. The van der Waals surface area contributed by atoms with E-state index in [-0.39, 0.29) is 17.3 Å². The number of rotatable bonds is 5. The van der Waals surface area contributed by atoms with E-state index >= 15 is 0 Å². The van der Waals surface area contributed by atoms with E-state index in [0.29, 0.717) is 29.0 Å². The smallest absolute Gasteiger partial charge is 0.166 e. The molecule has 3 aromatic carbocycles. The second-order valence-corrected chi connectivity index (χ2v) is 8.95. The van der Waals surface area contributed by atoms with Crippen LogP contribution < -0.4 is 0 Å². The summed E-state index contributed by atoms with van der Waals surface area (Å²) in [6.45, 7) is 4.14. The number of aryl methyl sites for hydroxylation is 1. The third kappa shape index (κ3) is 4.82. The van der Waals surface area contributed by atoms with Crippen LogP contribution in [0.5, 0.6) is 0 Å². The van der Waals surface area contributed by atoms with Crippen LogP contribution in [0.3, 0.4) is 0 Å². The molecule has 0 bridgehead atoms. The summed E-state index contributed by atoms with van der Waals surface area (Å²) in [5.74, 6) is -0.896. The second kappa shape index (κ2) is 9.77. The highest BCUT2D eigenvalue weighted by atomic mass is 19.2. The van der Waals surface area contributed by atoms with Crippen LogP contribution in [-0.2, 0) is 6.42 Å². The van der Waals surface area contributed by atoms with Crippen LogP contribution in [0.4, 0.5) is 13.2 Å². The molecular formula is C29H29F3. The molecule has 1 aliphatic rings. The zero-order valence-corrected chi connectivity index (χ0v) is 18.7. The van der Waals surface area contributed by atoms with Crippen LogP contribution in [0, 0.1) is 23.4 Å². The minimum atomic E-state index is -0.768. The van der Waals surface area contributed by atoms with Crippen molar-refractivity contribution >= 4 is 12.2 Å². The molecule has 3 heteroatoms. The molecule has 166 valence electrons. The van der Waals surface area contributed by atoms with E-state index < -0.39 is 11.6 Å². The molecule has 0 atom stereocenters. The third-order valence-electron chi connectivity index (χ3n) is 6.72. The fraction of sp³-hybridized carbons (Fsp3) is 0.310. The molecule has 4 rings (SSSR count). The van der Waals surface area contributed by atoms with E-state index in [4.69, 9.17) is 0 Å². The van der Waals surface area contributed by atoms with Crippen LogP contribution in [0.2, 0.25) is 0 Å². The number of benzene rings is 3. The van der Waals surface area contributed by atoms with Crippen molar-refractivity contribution in [3.63, 3.8) is 0 Å². The monoisotopic (exact) mass is 434 g/mol. The van der Waals surface area contributed by atoms with Gasteiger partial charge in [0.15, 0.2) is 11.6 Å².